The maximum atomic E-state index is 13.8. The predicted molar refractivity (Wildman–Crippen MR) is 90.4 cm³/mol. The van der Waals surface area contributed by atoms with Crippen LogP contribution in [0.25, 0.3) is 0 Å². The lowest BCUT2D eigenvalue weighted by molar-refractivity contribution is -0.156. The number of halogens is 3. The Morgan fingerprint density at radius 2 is 2.25 bits per heavy atom. The Kier molecular flexibility index (Phi) is 6.27. The standard InChI is InChI=1S/C17H22ClF2N3O/c1-3-17(15(19)20,8-4-9-18)16(24)23-14(7-10-22-23)13-6-5-12(2)21-11-13/h5-6,10-11,14-15H,3-4,7-9H2,1-2H3. The number of hydrazone groups is 1. The Morgan fingerprint density at radius 3 is 2.79 bits per heavy atom. The highest BCUT2D eigenvalue weighted by molar-refractivity contribution is 6.17. The number of nitrogens with zero attached hydrogens (tertiary/aromatic N) is 3. The number of alkyl halides is 3. The van der Waals surface area contributed by atoms with E-state index >= 15 is 0 Å². The van der Waals surface area contributed by atoms with E-state index in [0.717, 1.165) is 11.3 Å². The summed E-state index contributed by atoms with van der Waals surface area (Å²) in [7, 11) is 0. The summed E-state index contributed by atoms with van der Waals surface area (Å²) in [5, 5.41) is 5.29. The molecule has 1 aromatic rings. The van der Waals surface area contributed by atoms with Gasteiger partial charge >= 0.3 is 0 Å². The van der Waals surface area contributed by atoms with Crippen molar-refractivity contribution < 1.29 is 13.6 Å². The molecule has 2 heterocycles. The summed E-state index contributed by atoms with van der Waals surface area (Å²) in [5.74, 6) is -0.388. The van der Waals surface area contributed by atoms with Crippen LogP contribution in [0.2, 0.25) is 0 Å². The second-order valence-electron chi connectivity index (χ2n) is 6.04. The van der Waals surface area contributed by atoms with Crippen molar-refractivity contribution in [2.24, 2.45) is 10.5 Å². The first-order valence-electron chi connectivity index (χ1n) is 8.09. The van der Waals surface area contributed by atoms with E-state index < -0.39 is 17.7 Å². The van der Waals surface area contributed by atoms with E-state index in [1.54, 1.807) is 19.3 Å². The Balaban J connectivity index is 2.30. The van der Waals surface area contributed by atoms with Gasteiger partial charge in [0, 0.05) is 30.4 Å². The monoisotopic (exact) mass is 357 g/mol. The van der Waals surface area contributed by atoms with Crippen molar-refractivity contribution in [3.05, 3.63) is 29.6 Å². The molecule has 1 aromatic heterocycles. The van der Waals surface area contributed by atoms with Crippen molar-refractivity contribution >= 4 is 23.7 Å². The average molecular weight is 358 g/mol. The second-order valence-corrected chi connectivity index (χ2v) is 6.41. The predicted octanol–water partition coefficient (Wildman–Crippen LogP) is 4.33. The van der Waals surface area contributed by atoms with Gasteiger partial charge in [-0.05, 0) is 37.8 Å². The second kappa shape index (κ2) is 8.01. The molecule has 2 unspecified atom stereocenters. The van der Waals surface area contributed by atoms with Crippen LogP contribution in [-0.2, 0) is 4.79 Å². The van der Waals surface area contributed by atoms with Gasteiger partial charge < -0.3 is 0 Å². The molecular formula is C17H22ClF2N3O. The van der Waals surface area contributed by atoms with Gasteiger partial charge in [0.25, 0.3) is 12.3 Å². The van der Waals surface area contributed by atoms with Crippen molar-refractivity contribution in [1.29, 1.82) is 0 Å². The Bertz CT molecular complexity index is 594. The minimum atomic E-state index is -2.76. The maximum Gasteiger partial charge on any atom is 0.255 e. The quantitative estimate of drug-likeness (QED) is 0.682. The Morgan fingerprint density at radius 1 is 1.50 bits per heavy atom. The Labute approximate surface area is 145 Å². The van der Waals surface area contributed by atoms with E-state index in [-0.39, 0.29) is 24.8 Å². The fourth-order valence-corrected chi connectivity index (χ4v) is 3.10. The van der Waals surface area contributed by atoms with Crippen LogP contribution in [-0.4, -0.2) is 34.4 Å². The molecule has 0 N–H and O–H groups in total. The van der Waals surface area contributed by atoms with Crippen molar-refractivity contribution in [2.75, 3.05) is 5.88 Å². The van der Waals surface area contributed by atoms with Crippen molar-refractivity contribution in [2.45, 2.75) is 52.0 Å². The molecule has 1 amide bonds. The molecule has 4 nitrogen and oxygen atoms in total. The number of carbonyl (C=O) groups is 1. The number of rotatable bonds is 7. The molecule has 7 heteroatoms. The molecule has 0 fully saturated rings. The average Bonchev–Trinajstić information content (AvgIpc) is 3.05. The molecule has 0 radical (unpaired) electrons. The molecule has 24 heavy (non-hydrogen) atoms. The number of hydrogen-bond donors (Lipinski definition) is 0. The van der Waals surface area contributed by atoms with E-state index in [4.69, 9.17) is 11.6 Å². The zero-order chi connectivity index (χ0) is 17.7. The van der Waals surface area contributed by atoms with E-state index in [1.165, 1.54) is 5.01 Å². The largest absolute Gasteiger partial charge is 0.272 e. The number of aryl methyl sites for hydroxylation is 1. The van der Waals surface area contributed by atoms with Gasteiger partial charge in [-0.25, -0.2) is 13.8 Å². The summed E-state index contributed by atoms with van der Waals surface area (Å²) in [6, 6.07) is 3.31. The highest BCUT2D eigenvalue weighted by Crippen LogP contribution is 2.41. The van der Waals surface area contributed by atoms with Crippen LogP contribution in [0.3, 0.4) is 0 Å². The van der Waals surface area contributed by atoms with Gasteiger partial charge in [-0.3, -0.25) is 9.78 Å². The highest BCUT2D eigenvalue weighted by Gasteiger charge is 2.49. The van der Waals surface area contributed by atoms with Crippen molar-refractivity contribution in [1.82, 2.24) is 9.99 Å². The topological polar surface area (TPSA) is 45.6 Å². The number of carbonyl (C=O) groups excluding carboxylic acids is 1. The maximum absolute atomic E-state index is 13.8. The summed E-state index contributed by atoms with van der Waals surface area (Å²) in [4.78, 5) is 17.2. The molecule has 2 rings (SSSR count). The molecule has 2 atom stereocenters. The van der Waals surface area contributed by atoms with Gasteiger partial charge in [0.2, 0.25) is 0 Å². The number of aromatic nitrogens is 1. The molecule has 0 spiro atoms. The van der Waals surface area contributed by atoms with Crippen LogP contribution < -0.4 is 0 Å². The summed E-state index contributed by atoms with van der Waals surface area (Å²) in [5.41, 5.74) is -0.0938. The third-order valence-corrected chi connectivity index (χ3v) is 4.86. The zero-order valence-electron chi connectivity index (χ0n) is 13.9. The minimum Gasteiger partial charge on any atom is -0.272 e. The smallest absolute Gasteiger partial charge is 0.255 e. The molecule has 132 valence electrons. The normalized spacial score (nSPS) is 19.8. The first kappa shape index (κ1) is 18.8. The molecular weight excluding hydrogens is 336 g/mol. The highest BCUT2D eigenvalue weighted by atomic mass is 35.5. The molecule has 1 aliphatic rings. The summed E-state index contributed by atoms with van der Waals surface area (Å²) < 4.78 is 27.6. The third kappa shape index (κ3) is 3.58. The van der Waals surface area contributed by atoms with E-state index in [0.29, 0.717) is 12.8 Å². The lowest BCUT2D eigenvalue weighted by atomic mass is 9.79. The van der Waals surface area contributed by atoms with Crippen molar-refractivity contribution in [3.63, 3.8) is 0 Å². The number of hydrogen-bond acceptors (Lipinski definition) is 3. The Hall–Kier alpha value is -1.56. The van der Waals surface area contributed by atoms with Gasteiger partial charge in [-0.1, -0.05) is 13.0 Å². The van der Waals surface area contributed by atoms with Crippen molar-refractivity contribution in [3.8, 4) is 0 Å². The van der Waals surface area contributed by atoms with Crippen LogP contribution in [0.5, 0.6) is 0 Å². The van der Waals surface area contributed by atoms with Gasteiger partial charge in [0.1, 0.15) is 5.41 Å². The number of amides is 1. The molecule has 0 saturated carbocycles. The fourth-order valence-electron chi connectivity index (χ4n) is 2.96. The van der Waals surface area contributed by atoms with Gasteiger partial charge in [0.05, 0.1) is 6.04 Å². The van der Waals surface area contributed by atoms with Gasteiger partial charge in [0.15, 0.2) is 0 Å². The van der Waals surface area contributed by atoms with E-state index in [1.807, 2.05) is 19.1 Å². The summed E-state index contributed by atoms with van der Waals surface area (Å²) in [6.07, 6.45) is 1.46. The van der Waals surface area contributed by atoms with Crippen LogP contribution in [0.1, 0.15) is 49.9 Å². The molecule has 0 saturated heterocycles. The van der Waals surface area contributed by atoms with E-state index in [2.05, 4.69) is 10.1 Å². The van der Waals surface area contributed by atoms with Gasteiger partial charge in [-0.2, -0.15) is 5.10 Å². The molecule has 0 aromatic carbocycles. The minimum absolute atomic E-state index is 0.0469. The lowest BCUT2D eigenvalue weighted by Crippen LogP contribution is -2.46. The summed E-state index contributed by atoms with van der Waals surface area (Å²) >= 11 is 5.67. The molecule has 0 aliphatic carbocycles. The van der Waals surface area contributed by atoms with Crippen LogP contribution in [0.15, 0.2) is 23.4 Å². The SMILES string of the molecule is CCC(CCCCl)(C(=O)N1N=CCC1c1ccc(C)nc1)C(F)F. The molecule has 1 aliphatic heterocycles. The van der Waals surface area contributed by atoms with E-state index in [9.17, 15) is 13.6 Å². The van der Waals surface area contributed by atoms with Gasteiger partial charge in [-0.15, -0.1) is 11.6 Å². The molecule has 0 bridgehead atoms. The first-order chi connectivity index (χ1) is 11.5. The summed E-state index contributed by atoms with van der Waals surface area (Å²) in [6.45, 7) is 3.48. The first-order valence-corrected chi connectivity index (χ1v) is 8.62. The fraction of sp³-hybridized carbons (Fsp3) is 0.588. The third-order valence-electron chi connectivity index (χ3n) is 4.59. The van der Waals surface area contributed by atoms with Crippen LogP contribution >= 0.6 is 11.6 Å². The number of pyridine rings is 1. The van der Waals surface area contributed by atoms with Crippen LogP contribution in [0, 0.1) is 12.3 Å². The van der Waals surface area contributed by atoms with Crippen LogP contribution in [0.4, 0.5) is 8.78 Å². The zero-order valence-corrected chi connectivity index (χ0v) is 14.6. The lowest BCUT2D eigenvalue weighted by Gasteiger charge is -2.35.